The van der Waals surface area contributed by atoms with Crippen molar-refractivity contribution in [2.75, 3.05) is 39.9 Å². The summed E-state index contributed by atoms with van der Waals surface area (Å²) < 4.78 is 10.7. The summed E-state index contributed by atoms with van der Waals surface area (Å²) in [4.78, 5) is 13.8. The summed E-state index contributed by atoms with van der Waals surface area (Å²) in [7, 11) is 1.69. The molecule has 0 aromatic carbocycles. The van der Waals surface area contributed by atoms with Gasteiger partial charge in [0.15, 0.2) is 0 Å². The van der Waals surface area contributed by atoms with Crippen molar-refractivity contribution in [1.29, 1.82) is 0 Å². The predicted molar refractivity (Wildman–Crippen MR) is 61.9 cm³/mol. The maximum atomic E-state index is 12.0. The smallest absolute Gasteiger partial charge is 0.253 e. The Balaban J connectivity index is 0.00000128. The van der Waals surface area contributed by atoms with E-state index in [9.17, 15) is 4.79 Å². The molecule has 2 saturated heterocycles. The van der Waals surface area contributed by atoms with E-state index in [2.05, 4.69) is 5.32 Å². The highest BCUT2D eigenvalue weighted by molar-refractivity contribution is 5.85. The molecule has 0 aliphatic carbocycles. The number of nitrogens with zero attached hydrogens (tertiary/aromatic N) is 1. The van der Waals surface area contributed by atoms with E-state index < -0.39 is 0 Å². The maximum absolute atomic E-state index is 12.0. The molecule has 0 bridgehead atoms. The normalized spacial score (nSPS) is 29.9. The molecule has 94 valence electrons. The standard InChI is InChI=1S/C10H18N2O3.ClH/c1-14-8-2-4-12(7-8)10(13)9-6-11-3-5-15-9;/h8-9,11H,2-7H2,1H3;1H/t8-,9?;/m1./s1. The first kappa shape index (κ1) is 13.7. The molecule has 2 rings (SSSR count). The van der Waals surface area contributed by atoms with Crippen molar-refractivity contribution in [1.82, 2.24) is 10.2 Å². The van der Waals surface area contributed by atoms with E-state index in [-0.39, 0.29) is 30.5 Å². The maximum Gasteiger partial charge on any atom is 0.253 e. The number of methoxy groups -OCH3 is 1. The average molecular weight is 251 g/mol. The van der Waals surface area contributed by atoms with Gasteiger partial charge in [-0.05, 0) is 6.42 Å². The van der Waals surface area contributed by atoms with Gasteiger partial charge in [-0.15, -0.1) is 12.4 Å². The van der Waals surface area contributed by atoms with Crippen LogP contribution >= 0.6 is 12.4 Å². The summed E-state index contributed by atoms with van der Waals surface area (Å²) in [5, 5.41) is 3.16. The van der Waals surface area contributed by atoms with Crippen molar-refractivity contribution < 1.29 is 14.3 Å². The SMILES string of the molecule is CO[C@@H]1CCN(C(=O)C2CNCCO2)C1.Cl. The second-order valence-electron chi connectivity index (χ2n) is 3.99. The minimum atomic E-state index is -0.297. The van der Waals surface area contributed by atoms with Gasteiger partial charge in [0, 0.05) is 33.3 Å². The second-order valence-corrected chi connectivity index (χ2v) is 3.99. The fourth-order valence-corrected chi connectivity index (χ4v) is 2.05. The molecular weight excluding hydrogens is 232 g/mol. The van der Waals surface area contributed by atoms with Crippen molar-refractivity contribution in [2.45, 2.75) is 18.6 Å². The Hall–Kier alpha value is -0.360. The number of morpholine rings is 1. The number of halogens is 1. The van der Waals surface area contributed by atoms with E-state index >= 15 is 0 Å². The Morgan fingerprint density at radius 2 is 2.38 bits per heavy atom. The lowest BCUT2D eigenvalue weighted by molar-refractivity contribution is -0.144. The zero-order chi connectivity index (χ0) is 10.7. The van der Waals surface area contributed by atoms with Crippen molar-refractivity contribution in [3.05, 3.63) is 0 Å². The fraction of sp³-hybridized carbons (Fsp3) is 0.900. The highest BCUT2D eigenvalue weighted by Crippen LogP contribution is 2.14. The van der Waals surface area contributed by atoms with Crippen molar-refractivity contribution in [3.8, 4) is 0 Å². The molecule has 1 amide bonds. The third-order valence-corrected chi connectivity index (χ3v) is 2.99. The summed E-state index contributed by atoms with van der Waals surface area (Å²) in [6.07, 6.45) is 0.836. The number of rotatable bonds is 2. The summed E-state index contributed by atoms with van der Waals surface area (Å²) in [6, 6.07) is 0. The van der Waals surface area contributed by atoms with Crippen LogP contribution in [0.25, 0.3) is 0 Å². The number of amides is 1. The van der Waals surface area contributed by atoms with Crippen LogP contribution in [-0.2, 0) is 14.3 Å². The predicted octanol–water partition coefficient (Wildman–Crippen LogP) is -0.356. The van der Waals surface area contributed by atoms with Gasteiger partial charge in [-0.3, -0.25) is 4.79 Å². The summed E-state index contributed by atoms with van der Waals surface area (Å²) in [6.45, 7) is 3.59. The third-order valence-electron chi connectivity index (χ3n) is 2.99. The molecule has 2 aliphatic rings. The molecular formula is C10H19ClN2O3. The average Bonchev–Trinajstić information content (AvgIpc) is 2.78. The Labute approximate surface area is 102 Å². The molecule has 0 aromatic rings. The van der Waals surface area contributed by atoms with E-state index in [0.29, 0.717) is 19.7 Å². The molecule has 1 N–H and O–H groups in total. The fourth-order valence-electron chi connectivity index (χ4n) is 2.05. The first-order valence-corrected chi connectivity index (χ1v) is 5.45. The Morgan fingerprint density at radius 3 is 2.94 bits per heavy atom. The number of ether oxygens (including phenoxy) is 2. The molecule has 6 heteroatoms. The van der Waals surface area contributed by atoms with Crippen LogP contribution in [0.4, 0.5) is 0 Å². The quantitative estimate of drug-likeness (QED) is 0.728. The Morgan fingerprint density at radius 1 is 1.56 bits per heavy atom. The van der Waals surface area contributed by atoms with Gasteiger partial charge >= 0.3 is 0 Å². The first-order valence-electron chi connectivity index (χ1n) is 5.45. The van der Waals surface area contributed by atoms with Gasteiger partial charge in [0.25, 0.3) is 5.91 Å². The molecule has 5 nitrogen and oxygen atoms in total. The van der Waals surface area contributed by atoms with E-state index in [1.807, 2.05) is 4.90 Å². The largest absolute Gasteiger partial charge is 0.380 e. The summed E-state index contributed by atoms with van der Waals surface area (Å²) >= 11 is 0. The molecule has 2 heterocycles. The highest BCUT2D eigenvalue weighted by atomic mass is 35.5. The Kier molecular flexibility index (Phi) is 5.48. The highest BCUT2D eigenvalue weighted by Gasteiger charge is 2.32. The zero-order valence-electron chi connectivity index (χ0n) is 9.48. The minimum Gasteiger partial charge on any atom is -0.380 e. The van der Waals surface area contributed by atoms with Crippen LogP contribution < -0.4 is 5.32 Å². The molecule has 2 aliphatic heterocycles. The van der Waals surface area contributed by atoms with Crippen LogP contribution in [0.15, 0.2) is 0 Å². The summed E-state index contributed by atoms with van der Waals surface area (Å²) in [5.74, 6) is 0.0988. The number of likely N-dealkylation sites (tertiary alicyclic amines) is 1. The van der Waals surface area contributed by atoms with Crippen molar-refractivity contribution in [3.63, 3.8) is 0 Å². The van der Waals surface area contributed by atoms with E-state index in [1.54, 1.807) is 7.11 Å². The Bertz CT molecular complexity index is 234. The van der Waals surface area contributed by atoms with Gasteiger partial charge in [0.1, 0.15) is 6.10 Å². The van der Waals surface area contributed by atoms with Crippen LogP contribution in [0.1, 0.15) is 6.42 Å². The van der Waals surface area contributed by atoms with Gasteiger partial charge in [-0.1, -0.05) is 0 Å². The molecule has 16 heavy (non-hydrogen) atoms. The van der Waals surface area contributed by atoms with E-state index in [4.69, 9.17) is 9.47 Å². The van der Waals surface area contributed by atoms with Crippen LogP contribution in [0.3, 0.4) is 0 Å². The third kappa shape index (κ3) is 3.07. The molecule has 0 spiro atoms. The molecule has 2 fully saturated rings. The second kappa shape index (κ2) is 6.39. The molecule has 0 aromatic heterocycles. The van der Waals surface area contributed by atoms with E-state index in [0.717, 1.165) is 19.5 Å². The minimum absolute atomic E-state index is 0. The van der Waals surface area contributed by atoms with Gasteiger partial charge in [0.05, 0.1) is 12.7 Å². The number of hydrogen-bond acceptors (Lipinski definition) is 4. The van der Waals surface area contributed by atoms with Gasteiger partial charge < -0.3 is 19.7 Å². The number of carbonyl (C=O) groups is 1. The van der Waals surface area contributed by atoms with Crippen molar-refractivity contribution >= 4 is 18.3 Å². The number of nitrogens with one attached hydrogen (secondary N) is 1. The molecule has 1 unspecified atom stereocenters. The number of carbonyl (C=O) groups excluding carboxylic acids is 1. The molecule has 0 saturated carbocycles. The lowest BCUT2D eigenvalue weighted by Gasteiger charge is -2.27. The lowest BCUT2D eigenvalue weighted by Crippen LogP contribution is -2.49. The van der Waals surface area contributed by atoms with Crippen LogP contribution in [0.5, 0.6) is 0 Å². The number of hydrogen-bond donors (Lipinski definition) is 1. The monoisotopic (exact) mass is 250 g/mol. The van der Waals surface area contributed by atoms with Crippen LogP contribution in [0, 0.1) is 0 Å². The summed E-state index contributed by atoms with van der Waals surface area (Å²) in [5.41, 5.74) is 0. The van der Waals surface area contributed by atoms with Crippen molar-refractivity contribution in [2.24, 2.45) is 0 Å². The zero-order valence-corrected chi connectivity index (χ0v) is 10.3. The van der Waals surface area contributed by atoms with Gasteiger partial charge in [-0.2, -0.15) is 0 Å². The first-order chi connectivity index (χ1) is 7.31. The van der Waals surface area contributed by atoms with E-state index in [1.165, 1.54) is 0 Å². The molecule has 0 radical (unpaired) electrons. The van der Waals surface area contributed by atoms with Gasteiger partial charge in [0.2, 0.25) is 0 Å². The van der Waals surface area contributed by atoms with Crippen LogP contribution in [0.2, 0.25) is 0 Å². The topological polar surface area (TPSA) is 50.8 Å². The lowest BCUT2D eigenvalue weighted by atomic mass is 10.2. The van der Waals surface area contributed by atoms with Gasteiger partial charge in [-0.25, -0.2) is 0 Å². The molecule has 2 atom stereocenters. The van der Waals surface area contributed by atoms with Crippen LogP contribution in [-0.4, -0.2) is 62.9 Å².